The van der Waals surface area contributed by atoms with Crippen LogP contribution in [0.25, 0.3) is 0 Å². The van der Waals surface area contributed by atoms with E-state index >= 15 is 0 Å². The third kappa shape index (κ3) is 3.34. The Morgan fingerprint density at radius 2 is 2.13 bits per heavy atom. The minimum atomic E-state index is -3.61. The van der Waals surface area contributed by atoms with Crippen molar-refractivity contribution in [3.63, 3.8) is 0 Å². The van der Waals surface area contributed by atoms with E-state index in [2.05, 4.69) is 14.8 Å². The largest absolute Gasteiger partial charge is 0.258 e. The summed E-state index contributed by atoms with van der Waals surface area (Å²) in [6.07, 6.45) is 4.44. The van der Waals surface area contributed by atoms with E-state index in [1.807, 2.05) is 13.8 Å². The van der Waals surface area contributed by atoms with Crippen molar-refractivity contribution in [3.8, 4) is 0 Å². The summed E-state index contributed by atoms with van der Waals surface area (Å²) in [6.45, 7) is 6.04. The molecule has 6 nitrogen and oxygen atoms in total. The summed E-state index contributed by atoms with van der Waals surface area (Å²) in [7, 11) is -3.61. The fourth-order valence-electron chi connectivity index (χ4n) is 2.87. The molecule has 2 heterocycles. The minimum absolute atomic E-state index is 0.214. The van der Waals surface area contributed by atoms with Crippen LogP contribution in [0.5, 0.6) is 0 Å². The molecule has 1 N–H and O–H groups in total. The molecular formula is C15H22N4O2S2. The van der Waals surface area contributed by atoms with Crippen molar-refractivity contribution >= 4 is 21.4 Å². The second kappa shape index (κ2) is 6.33. The molecule has 0 aromatic carbocycles. The van der Waals surface area contributed by atoms with E-state index in [1.165, 1.54) is 22.4 Å². The Labute approximate surface area is 141 Å². The molecular weight excluding hydrogens is 332 g/mol. The Kier molecular flexibility index (Phi) is 4.57. The molecule has 0 bridgehead atoms. The first-order valence-electron chi connectivity index (χ1n) is 7.96. The van der Waals surface area contributed by atoms with Crippen molar-refractivity contribution in [2.24, 2.45) is 0 Å². The van der Waals surface area contributed by atoms with Gasteiger partial charge in [0, 0.05) is 11.4 Å². The van der Waals surface area contributed by atoms with Gasteiger partial charge in [-0.05, 0) is 52.5 Å². The minimum Gasteiger partial charge on any atom is -0.253 e. The fourth-order valence-corrected chi connectivity index (χ4v) is 5.57. The van der Waals surface area contributed by atoms with Crippen LogP contribution in [0.15, 0.2) is 11.1 Å². The molecule has 0 spiro atoms. The lowest BCUT2D eigenvalue weighted by Crippen LogP contribution is -2.28. The van der Waals surface area contributed by atoms with Gasteiger partial charge in [-0.2, -0.15) is 5.10 Å². The van der Waals surface area contributed by atoms with Crippen LogP contribution in [0.1, 0.15) is 54.0 Å². The molecule has 8 heteroatoms. The van der Waals surface area contributed by atoms with Gasteiger partial charge in [-0.15, -0.1) is 11.3 Å². The number of fused-ring (bicyclic) bond motifs is 1. The van der Waals surface area contributed by atoms with E-state index in [0.717, 1.165) is 23.5 Å². The number of nitrogens with zero attached hydrogens (tertiary/aromatic N) is 3. The predicted octanol–water partition coefficient (Wildman–Crippen LogP) is 2.59. The predicted molar refractivity (Wildman–Crippen MR) is 90.1 cm³/mol. The van der Waals surface area contributed by atoms with Crippen LogP contribution in [0.3, 0.4) is 0 Å². The number of rotatable bonds is 5. The van der Waals surface area contributed by atoms with Gasteiger partial charge in [0.25, 0.3) is 10.0 Å². The van der Waals surface area contributed by atoms with Gasteiger partial charge in [-0.1, -0.05) is 0 Å². The highest BCUT2D eigenvalue weighted by Gasteiger charge is 2.25. The summed E-state index contributed by atoms with van der Waals surface area (Å²) < 4.78 is 29.6. The maximum Gasteiger partial charge on any atom is 0.258 e. The standard InChI is InChI=1S/C15H22N4O2S2/c1-4-19-14(9-10(2)17-19)23(20,21)18-11(3)15-16-12-7-5-6-8-13(12)22-15/h9,11,18H,4-8H2,1-3H3/t11-/m1/s1. The van der Waals surface area contributed by atoms with E-state index in [9.17, 15) is 8.42 Å². The molecule has 0 saturated heterocycles. The van der Waals surface area contributed by atoms with Crippen molar-refractivity contribution in [1.82, 2.24) is 19.5 Å². The number of thiazole rings is 1. The molecule has 23 heavy (non-hydrogen) atoms. The van der Waals surface area contributed by atoms with Crippen LogP contribution >= 0.6 is 11.3 Å². The SMILES string of the molecule is CCn1nc(C)cc1S(=O)(=O)N[C@H](C)c1nc2c(s1)CCCC2. The van der Waals surface area contributed by atoms with Gasteiger partial charge in [0.1, 0.15) is 5.01 Å². The van der Waals surface area contributed by atoms with Crippen molar-refractivity contribution in [2.45, 2.75) is 64.1 Å². The quantitative estimate of drug-likeness (QED) is 0.895. The maximum absolute atomic E-state index is 12.7. The Hall–Kier alpha value is -1.25. The van der Waals surface area contributed by atoms with Crippen LogP contribution in [0, 0.1) is 6.92 Å². The molecule has 0 radical (unpaired) electrons. The number of hydrogen-bond acceptors (Lipinski definition) is 5. The second-order valence-corrected chi connectivity index (χ2v) is 8.69. The zero-order valence-corrected chi connectivity index (χ0v) is 15.3. The maximum atomic E-state index is 12.7. The monoisotopic (exact) mass is 354 g/mol. The lowest BCUT2D eigenvalue weighted by molar-refractivity contribution is 0.533. The Morgan fingerprint density at radius 1 is 1.39 bits per heavy atom. The zero-order valence-electron chi connectivity index (χ0n) is 13.7. The van der Waals surface area contributed by atoms with E-state index in [0.29, 0.717) is 12.2 Å². The smallest absolute Gasteiger partial charge is 0.253 e. The Balaban J connectivity index is 1.83. The average molecular weight is 355 g/mol. The van der Waals surface area contributed by atoms with E-state index in [4.69, 9.17) is 0 Å². The van der Waals surface area contributed by atoms with Crippen LogP contribution < -0.4 is 4.72 Å². The Morgan fingerprint density at radius 3 is 2.83 bits per heavy atom. The fraction of sp³-hybridized carbons (Fsp3) is 0.600. The van der Waals surface area contributed by atoms with Crippen LogP contribution in [0.2, 0.25) is 0 Å². The number of nitrogens with one attached hydrogen (secondary N) is 1. The first-order valence-corrected chi connectivity index (χ1v) is 10.3. The average Bonchev–Trinajstić information content (AvgIpc) is 3.10. The summed E-state index contributed by atoms with van der Waals surface area (Å²) in [4.78, 5) is 5.96. The molecule has 2 aromatic rings. The topological polar surface area (TPSA) is 76.9 Å². The highest BCUT2D eigenvalue weighted by Crippen LogP contribution is 2.30. The third-order valence-corrected chi connectivity index (χ3v) is 6.89. The first-order chi connectivity index (χ1) is 10.9. The van der Waals surface area contributed by atoms with Gasteiger partial charge in [-0.25, -0.2) is 18.1 Å². The van der Waals surface area contributed by atoms with Crippen molar-refractivity contribution in [2.75, 3.05) is 0 Å². The first kappa shape index (κ1) is 16.6. The normalized spacial score (nSPS) is 16.3. The van der Waals surface area contributed by atoms with Gasteiger partial charge in [-0.3, -0.25) is 4.68 Å². The third-order valence-electron chi connectivity index (χ3n) is 4.00. The molecule has 3 rings (SSSR count). The molecule has 1 aliphatic carbocycles. The highest BCUT2D eigenvalue weighted by molar-refractivity contribution is 7.89. The molecule has 1 atom stereocenters. The summed E-state index contributed by atoms with van der Waals surface area (Å²) >= 11 is 1.63. The van der Waals surface area contributed by atoms with Gasteiger partial charge in [0.2, 0.25) is 0 Å². The molecule has 0 fully saturated rings. The molecule has 1 aliphatic rings. The summed E-state index contributed by atoms with van der Waals surface area (Å²) in [5.74, 6) is 0. The number of aryl methyl sites for hydroxylation is 4. The molecule has 0 unspecified atom stereocenters. The summed E-state index contributed by atoms with van der Waals surface area (Å²) in [5.41, 5.74) is 1.85. The summed E-state index contributed by atoms with van der Waals surface area (Å²) in [5, 5.41) is 5.27. The Bertz CT molecular complexity index is 784. The number of hydrogen-bond donors (Lipinski definition) is 1. The molecule has 126 valence electrons. The van der Waals surface area contributed by atoms with E-state index in [-0.39, 0.29) is 11.1 Å². The van der Waals surface area contributed by atoms with E-state index in [1.54, 1.807) is 24.3 Å². The van der Waals surface area contributed by atoms with Gasteiger partial charge in [0.05, 0.1) is 17.4 Å². The van der Waals surface area contributed by atoms with E-state index < -0.39 is 10.0 Å². The zero-order chi connectivity index (χ0) is 16.6. The molecule has 2 aromatic heterocycles. The molecule has 0 aliphatic heterocycles. The molecule has 0 amide bonds. The lowest BCUT2D eigenvalue weighted by Gasteiger charge is -2.12. The van der Waals surface area contributed by atoms with Crippen molar-refractivity contribution in [3.05, 3.63) is 27.3 Å². The van der Waals surface area contributed by atoms with Crippen molar-refractivity contribution < 1.29 is 8.42 Å². The van der Waals surface area contributed by atoms with Gasteiger partial charge < -0.3 is 0 Å². The second-order valence-electron chi connectivity index (χ2n) is 5.91. The lowest BCUT2D eigenvalue weighted by atomic mass is 10.0. The van der Waals surface area contributed by atoms with Crippen LogP contribution in [-0.2, 0) is 29.4 Å². The van der Waals surface area contributed by atoms with Crippen molar-refractivity contribution in [1.29, 1.82) is 0 Å². The van der Waals surface area contributed by atoms with Gasteiger partial charge in [0.15, 0.2) is 5.03 Å². The number of aromatic nitrogens is 3. The molecule has 0 saturated carbocycles. The van der Waals surface area contributed by atoms with Gasteiger partial charge >= 0.3 is 0 Å². The highest BCUT2D eigenvalue weighted by atomic mass is 32.2. The summed E-state index contributed by atoms with van der Waals surface area (Å²) in [6, 6.07) is 1.27. The van der Waals surface area contributed by atoms with Crippen LogP contribution in [0.4, 0.5) is 0 Å². The number of sulfonamides is 1. The van der Waals surface area contributed by atoms with Crippen LogP contribution in [-0.4, -0.2) is 23.2 Å².